The van der Waals surface area contributed by atoms with Crippen molar-refractivity contribution in [1.82, 2.24) is 9.97 Å². The molecule has 0 spiro atoms. The molecule has 18 heavy (non-hydrogen) atoms. The van der Waals surface area contributed by atoms with Gasteiger partial charge in [0.1, 0.15) is 5.82 Å². The maximum Gasteiger partial charge on any atom is 0.209 e. The standard InChI is InChI=1S/C9H14N4O3S2/c1-17-9-12-5-7(6-14)8(13-9)11-3-2-4-18(10,15)16/h5-6H,2-4H2,1H3,(H2,10,15,16)(H,11,12,13). The summed E-state index contributed by atoms with van der Waals surface area (Å²) >= 11 is 1.35. The lowest BCUT2D eigenvalue weighted by molar-refractivity contribution is 0.112. The van der Waals surface area contributed by atoms with Crippen LogP contribution < -0.4 is 10.5 Å². The highest BCUT2D eigenvalue weighted by molar-refractivity contribution is 7.98. The van der Waals surface area contributed by atoms with Crippen molar-refractivity contribution in [2.45, 2.75) is 11.6 Å². The minimum Gasteiger partial charge on any atom is -0.369 e. The average Bonchev–Trinajstić information content (AvgIpc) is 2.33. The summed E-state index contributed by atoms with van der Waals surface area (Å²) in [5, 5.41) is 8.31. The van der Waals surface area contributed by atoms with E-state index in [-0.39, 0.29) is 5.75 Å². The quantitative estimate of drug-likeness (QED) is 0.317. The zero-order valence-electron chi connectivity index (χ0n) is 9.79. The fourth-order valence-corrected chi connectivity index (χ4v) is 2.07. The fraction of sp³-hybridized carbons (Fsp3) is 0.444. The zero-order valence-corrected chi connectivity index (χ0v) is 11.4. The summed E-state index contributed by atoms with van der Waals surface area (Å²) in [6, 6.07) is 0. The molecular weight excluding hydrogens is 276 g/mol. The Morgan fingerprint density at radius 3 is 2.83 bits per heavy atom. The Kier molecular flexibility index (Phi) is 5.51. The second-order valence-corrected chi connectivity index (χ2v) is 5.93. The number of carbonyl (C=O) groups excluding carboxylic acids is 1. The molecule has 0 saturated carbocycles. The van der Waals surface area contributed by atoms with Crippen molar-refractivity contribution in [3.8, 4) is 0 Å². The van der Waals surface area contributed by atoms with Gasteiger partial charge in [-0.15, -0.1) is 0 Å². The number of carbonyl (C=O) groups is 1. The topological polar surface area (TPSA) is 115 Å². The van der Waals surface area contributed by atoms with E-state index in [9.17, 15) is 13.2 Å². The van der Waals surface area contributed by atoms with Crippen molar-refractivity contribution < 1.29 is 13.2 Å². The molecule has 0 bridgehead atoms. The van der Waals surface area contributed by atoms with Crippen molar-refractivity contribution in [3.05, 3.63) is 11.8 Å². The van der Waals surface area contributed by atoms with E-state index in [2.05, 4.69) is 15.3 Å². The number of nitrogens with zero attached hydrogens (tertiary/aromatic N) is 2. The number of hydrogen-bond acceptors (Lipinski definition) is 7. The van der Waals surface area contributed by atoms with E-state index < -0.39 is 10.0 Å². The fourth-order valence-electron chi connectivity index (χ4n) is 1.18. The summed E-state index contributed by atoms with van der Waals surface area (Å²) in [6.45, 7) is 0.363. The lowest BCUT2D eigenvalue weighted by atomic mass is 10.3. The smallest absolute Gasteiger partial charge is 0.209 e. The minimum atomic E-state index is -3.45. The van der Waals surface area contributed by atoms with Gasteiger partial charge in [-0.25, -0.2) is 23.5 Å². The molecule has 0 fully saturated rings. The monoisotopic (exact) mass is 290 g/mol. The highest BCUT2D eigenvalue weighted by Gasteiger charge is 2.07. The van der Waals surface area contributed by atoms with Gasteiger partial charge >= 0.3 is 0 Å². The molecule has 0 aliphatic heterocycles. The van der Waals surface area contributed by atoms with Crippen molar-refractivity contribution in [2.24, 2.45) is 5.14 Å². The Labute approximate surface area is 110 Å². The van der Waals surface area contributed by atoms with E-state index in [1.165, 1.54) is 18.0 Å². The number of aromatic nitrogens is 2. The van der Waals surface area contributed by atoms with E-state index in [1.807, 2.05) is 6.26 Å². The number of sulfonamides is 1. The molecule has 1 heterocycles. The lowest BCUT2D eigenvalue weighted by Gasteiger charge is -2.07. The van der Waals surface area contributed by atoms with Crippen molar-refractivity contribution in [3.63, 3.8) is 0 Å². The number of anilines is 1. The number of hydrogen-bond donors (Lipinski definition) is 2. The normalized spacial score (nSPS) is 11.2. The van der Waals surface area contributed by atoms with Gasteiger partial charge in [0, 0.05) is 12.7 Å². The third-order valence-corrected chi connectivity index (χ3v) is 3.42. The summed E-state index contributed by atoms with van der Waals surface area (Å²) < 4.78 is 21.5. The number of aldehydes is 1. The van der Waals surface area contributed by atoms with Crippen LogP contribution in [0.3, 0.4) is 0 Å². The van der Waals surface area contributed by atoms with Crippen LogP contribution in [0.1, 0.15) is 16.8 Å². The third-order valence-electron chi connectivity index (χ3n) is 2.00. The molecule has 9 heteroatoms. The Morgan fingerprint density at radius 1 is 1.56 bits per heavy atom. The number of primary sulfonamides is 1. The maximum absolute atomic E-state index is 10.8. The van der Waals surface area contributed by atoms with Crippen LogP contribution in [-0.2, 0) is 10.0 Å². The summed E-state index contributed by atoms with van der Waals surface area (Å²) in [6.07, 6.45) is 4.23. The predicted molar refractivity (Wildman–Crippen MR) is 70.3 cm³/mol. The van der Waals surface area contributed by atoms with Crippen LogP contribution in [0, 0.1) is 0 Å². The summed E-state index contributed by atoms with van der Waals surface area (Å²) in [7, 11) is -3.45. The Balaban J connectivity index is 2.62. The van der Waals surface area contributed by atoms with E-state index >= 15 is 0 Å². The molecule has 0 aromatic carbocycles. The first-order valence-electron chi connectivity index (χ1n) is 5.07. The Bertz CT molecular complexity index is 519. The van der Waals surface area contributed by atoms with Gasteiger partial charge in [-0.05, 0) is 12.7 Å². The molecule has 0 saturated heterocycles. The maximum atomic E-state index is 10.8. The molecule has 1 rings (SSSR count). The van der Waals surface area contributed by atoms with Gasteiger partial charge in [-0.3, -0.25) is 4.79 Å². The highest BCUT2D eigenvalue weighted by Crippen LogP contribution is 2.14. The molecule has 100 valence electrons. The lowest BCUT2D eigenvalue weighted by Crippen LogP contribution is -2.19. The van der Waals surface area contributed by atoms with Gasteiger partial charge in [0.05, 0.1) is 11.3 Å². The van der Waals surface area contributed by atoms with E-state index in [0.29, 0.717) is 35.8 Å². The molecule has 1 aromatic heterocycles. The first-order chi connectivity index (χ1) is 8.46. The highest BCUT2D eigenvalue weighted by atomic mass is 32.2. The molecule has 0 unspecified atom stereocenters. The number of nitrogens with one attached hydrogen (secondary N) is 1. The Hall–Kier alpha value is -1.19. The molecule has 1 aromatic rings. The van der Waals surface area contributed by atoms with Crippen molar-refractivity contribution in [2.75, 3.05) is 23.9 Å². The summed E-state index contributed by atoms with van der Waals surface area (Å²) in [4.78, 5) is 18.9. The average molecular weight is 290 g/mol. The van der Waals surface area contributed by atoms with Crippen molar-refractivity contribution in [1.29, 1.82) is 0 Å². The molecular formula is C9H14N4O3S2. The van der Waals surface area contributed by atoms with Crippen LogP contribution in [-0.4, -0.2) is 43.2 Å². The van der Waals surface area contributed by atoms with Gasteiger partial charge in [0.2, 0.25) is 10.0 Å². The second-order valence-electron chi connectivity index (χ2n) is 3.43. The van der Waals surface area contributed by atoms with Gasteiger partial charge < -0.3 is 5.32 Å². The van der Waals surface area contributed by atoms with Gasteiger partial charge in [-0.1, -0.05) is 11.8 Å². The second kappa shape index (κ2) is 6.66. The van der Waals surface area contributed by atoms with Crippen LogP contribution in [0.25, 0.3) is 0 Å². The molecule has 0 radical (unpaired) electrons. The SMILES string of the molecule is CSc1ncc(C=O)c(NCCCS(N)(=O)=O)n1. The van der Waals surface area contributed by atoms with Gasteiger partial charge in [0.25, 0.3) is 0 Å². The van der Waals surface area contributed by atoms with Crippen LogP contribution in [0.4, 0.5) is 5.82 Å². The summed E-state index contributed by atoms with van der Waals surface area (Å²) in [5.74, 6) is 0.287. The van der Waals surface area contributed by atoms with E-state index in [1.54, 1.807) is 0 Å². The van der Waals surface area contributed by atoms with Gasteiger partial charge in [0.15, 0.2) is 11.4 Å². The van der Waals surface area contributed by atoms with Crippen LogP contribution >= 0.6 is 11.8 Å². The predicted octanol–water partition coefficient (Wildman–Crippen LogP) is 0.102. The molecule has 0 aliphatic carbocycles. The number of nitrogens with two attached hydrogens (primary N) is 1. The molecule has 3 N–H and O–H groups in total. The summed E-state index contributed by atoms with van der Waals surface area (Å²) in [5.41, 5.74) is 0.336. The largest absolute Gasteiger partial charge is 0.369 e. The minimum absolute atomic E-state index is 0.114. The molecule has 0 aliphatic rings. The van der Waals surface area contributed by atoms with Crippen LogP contribution in [0.5, 0.6) is 0 Å². The van der Waals surface area contributed by atoms with Crippen LogP contribution in [0.2, 0.25) is 0 Å². The number of thioether (sulfide) groups is 1. The molecule has 0 amide bonds. The zero-order chi connectivity index (χ0) is 13.6. The first kappa shape index (κ1) is 14.9. The first-order valence-corrected chi connectivity index (χ1v) is 8.01. The molecule has 0 atom stereocenters. The molecule has 7 nitrogen and oxygen atoms in total. The Morgan fingerprint density at radius 2 is 2.28 bits per heavy atom. The van der Waals surface area contributed by atoms with E-state index in [4.69, 9.17) is 5.14 Å². The van der Waals surface area contributed by atoms with Crippen LogP contribution in [0.15, 0.2) is 11.4 Å². The van der Waals surface area contributed by atoms with Crippen molar-refractivity contribution >= 4 is 33.9 Å². The number of rotatable bonds is 7. The third kappa shape index (κ3) is 4.98. The van der Waals surface area contributed by atoms with Gasteiger partial charge in [-0.2, -0.15) is 0 Å². The van der Waals surface area contributed by atoms with E-state index in [0.717, 1.165) is 0 Å².